The minimum atomic E-state index is -1.69. The molecule has 0 aromatic heterocycles. The summed E-state index contributed by atoms with van der Waals surface area (Å²) in [5.74, 6) is -5.92. The van der Waals surface area contributed by atoms with Crippen LogP contribution >= 0.6 is 0 Å². The topological polar surface area (TPSA) is 95.8 Å². The first-order chi connectivity index (χ1) is 16.2. The summed E-state index contributed by atoms with van der Waals surface area (Å²) in [6.45, 7) is 2.64. The summed E-state index contributed by atoms with van der Waals surface area (Å²) >= 11 is 0. The van der Waals surface area contributed by atoms with E-state index in [9.17, 15) is 32.9 Å². The van der Waals surface area contributed by atoms with Gasteiger partial charge in [-0.05, 0) is 37.5 Å². The van der Waals surface area contributed by atoms with Gasteiger partial charge in [0, 0.05) is 31.6 Å². The van der Waals surface area contributed by atoms with E-state index in [1.807, 2.05) is 11.8 Å². The molecule has 0 aliphatic carbocycles. The molecule has 2 amide bonds. The monoisotopic (exact) mass is 478 g/mol. The van der Waals surface area contributed by atoms with Gasteiger partial charge >= 0.3 is 0 Å². The summed E-state index contributed by atoms with van der Waals surface area (Å²) < 4.78 is 40.4. The van der Waals surface area contributed by atoms with Gasteiger partial charge in [-0.3, -0.25) is 19.7 Å². The smallest absolute Gasteiger partial charge is 0.292 e. The summed E-state index contributed by atoms with van der Waals surface area (Å²) in [4.78, 5) is 39.6. The number of carbonyl (C=O) groups excluding carboxylic acids is 2. The van der Waals surface area contributed by atoms with Gasteiger partial charge in [0.2, 0.25) is 11.8 Å². The molecule has 182 valence electrons. The van der Waals surface area contributed by atoms with Crippen LogP contribution in [0.4, 0.5) is 30.2 Å². The lowest BCUT2D eigenvalue weighted by Crippen LogP contribution is -2.45. The van der Waals surface area contributed by atoms with Gasteiger partial charge in [-0.15, -0.1) is 0 Å². The molecule has 8 nitrogen and oxygen atoms in total. The Bertz CT molecular complexity index is 1070. The number of nitro groups is 1. The lowest BCUT2D eigenvalue weighted by Gasteiger charge is -2.35. The van der Waals surface area contributed by atoms with Crippen LogP contribution in [-0.4, -0.2) is 47.8 Å². The molecule has 1 N–H and O–H groups in total. The molecule has 1 saturated heterocycles. The van der Waals surface area contributed by atoms with E-state index in [0.717, 1.165) is 6.07 Å². The van der Waals surface area contributed by atoms with E-state index in [0.29, 0.717) is 44.1 Å². The molecule has 0 radical (unpaired) electrons. The number of nitro benzene ring substituents is 1. The van der Waals surface area contributed by atoms with Crippen molar-refractivity contribution in [2.75, 3.05) is 36.4 Å². The number of anilines is 2. The predicted octanol–water partition coefficient (Wildman–Crippen LogP) is 4.11. The normalized spacial score (nSPS) is 14.1. The number of nitrogens with one attached hydrogen (secondary N) is 1. The molecule has 11 heteroatoms. The Morgan fingerprint density at radius 1 is 1.12 bits per heavy atom. The lowest BCUT2D eigenvalue weighted by atomic mass is 9.94. The molecule has 0 atom stereocenters. The van der Waals surface area contributed by atoms with Crippen molar-refractivity contribution in [1.29, 1.82) is 0 Å². The Hall–Kier alpha value is -3.63. The quantitative estimate of drug-likeness (QED) is 0.350. The molecule has 0 saturated carbocycles. The molecule has 1 aliphatic heterocycles. The molecule has 1 fully saturated rings. The molecule has 0 bridgehead atoms. The first-order valence-electron chi connectivity index (χ1n) is 10.9. The lowest BCUT2D eigenvalue weighted by molar-refractivity contribution is -0.384. The maximum absolute atomic E-state index is 13.9. The van der Waals surface area contributed by atoms with Crippen LogP contribution in [-0.2, 0) is 9.59 Å². The highest BCUT2D eigenvalue weighted by molar-refractivity contribution is 5.95. The molecule has 3 rings (SSSR count). The second-order valence-corrected chi connectivity index (χ2v) is 8.04. The van der Waals surface area contributed by atoms with Crippen LogP contribution in [0.3, 0.4) is 0 Å². The zero-order valence-electron chi connectivity index (χ0n) is 18.6. The van der Waals surface area contributed by atoms with E-state index in [1.165, 1.54) is 11.0 Å². The standard InChI is InChI=1S/C23H25F3N4O4/c1-2-11-29(14-20(31)27-17-8-7-16(24)21(25)22(17)26)23(32)15-9-12-28(13-10-15)18-5-3-4-6-19(18)30(33)34/h3-8,15H,2,9-14H2,1H3,(H,27,31). The first-order valence-corrected chi connectivity index (χ1v) is 10.9. The van der Waals surface area contributed by atoms with Crippen molar-refractivity contribution in [2.45, 2.75) is 26.2 Å². The third-order valence-electron chi connectivity index (χ3n) is 5.71. The Morgan fingerprint density at radius 3 is 2.44 bits per heavy atom. The number of halogens is 3. The van der Waals surface area contributed by atoms with E-state index in [1.54, 1.807) is 18.2 Å². The van der Waals surface area contributed by atoms with Gasteiger partial charge in [-0.1, -0.05) is 19.1 Å². The number of rotatable bonds is 8. The van der Waals surface area contributed by atoms with Crippen LogP contribution in [0.2, 0.25) is 0 Å². The maximum atomic E-state index is 13.9. The van der Waals surface area contributed by atoms with Crippen molar-refractivity contribution in [3.05, 3.63) is 64.0 Å². The molecule has 2 aromatic rings. The summed E-state index contributed by atoms with van der Waals surface area (Å²) in [7, 11) is 0. The fourth-order valence-electron chi connectivity index (χ4n) is 4.03. The van der Waals surface area contributed by atoms with Gasteiger partial charge in [0.05, 0.1) is 17.2 Å². The molecule has 0 spiro atoms. The van der Waals surface area contributed by atoms with E-state index in [-0.39, 0.29) is 30.6 Å². The van der Waals surface area contributed by atoms with Crippen molar-refractivity contribution >= 4 is 28.9 Å². The number of amides is 2. The Labute approximate surface area is 194 Å². The van der Waals surface area contributed by atoms with Crippen LogP contribution in [0.15, 0.2) is 36.4 Å². The van der Waals surface area contributed by atoms with Crippen LogP contribution in [0.1, 0.15) is 26.2 Å². The second-order valence-electron chi connectivity index (χ2n) is 8.04. The van der Waals surface area contributed by atoms with Crippen molar-refractivity contribution in [1.82, 2.24) is 4.90 Å². The highest BCUT2D eigenvalue weighted by atomic mass is 19.2. The van der Waals surface area contributed by atoms with Gasteiger partial charge < -0.3 is 15.1 Å². The van der Waals surface area contributed by atoms with Crippen molar-refractivity contribution in [3.63, 3.8) is 0 Å². The average Bonchev–Trinajstić information content (AvgIpc) is 2.84. The van der Waals surface area contributed by atoms with Crippen molar-refractivity contribution < 1.29 is 27.7 Å². The third-order valence-corrected chi connectivity index (χ3v) is 5.71. The minimum absolute atomic E-state index is 0.000944. The number of hydrogen-bond acceptors (Lipinski definition) is 5. The number of carbonyl (C=O) groups is 2. The van der Waals surface area contributed by atoms with Gasteiger partial charge in [-0.25, -0.2) is 13.2 Å². The van der Waals surface area contributed by atoms with Gasteiger partial charge in [0.15, 0.2) is 17.5 Å². The van der Waals surface area contributed by atoms with E-state index in [2.05, 4.69) is 5.32 Å². The fraction of sp³-hybridized carbons (Fsp3) is 0.391. The van der Waals surface area contributed by atoms with Crippen molar-refractivity contribution in [2.24, 2.45) is 5.92 Å². The van der Waals surface area contributed by atoms with Gasteiger partial charge in [0.1, 0.15) is 5.69 Å². The molecule has 1 heterocycles. The number of benzene rings is 2. The summed E-state index contributed by atoms with van der Waals surface area (Å²) in [6.07, 6.45) is 1.47. The maximum Gasteiger partial charge on any atom is 0.292 e. The highest BCUT2D eigenvalue weighted by Crippen LogP contribution is 2.31. The molecular weight excluding hydrogens is 453 g/mol. The van der Waals surface area contributed by atoms with Crippen molar-refractivity contribution in [3.8, 4) is 0 Å². The van der Waals surface area contributed by atoms with Crippen LogP contribution in [0.25, 0.3) is 0 Å². The van der Waals surface area contributed by atoms with E-state index < -0.39 is 34.0 Å². The number of piperidine rings is 1. The van der Waals surface area contributed by atoms with E-state index in [4.69, 9.17) is 0 Å². The molecular formula is C23H25F3N4O4. The molecule has 0 unspecified atom stereocenters. The fourth-order valence-corrected chi connectivity index (χ4v) is 4.03. The zero-order valence-corrected chi connectivity index (χ0v) is 18.6. The summed E-state index contributed by atoms with van der Waals surface area (Å²) in [5.41, 5.74) is -0.0108. The number of para-hydroxylation sites is 2. The Morgan fingerprint density at radius 2 is 1.79 bits per heavy atom. The van der Waals surface area contributed by atoms with Crippen LogP contribution < -0.4 is 10.2 Å². The summed E-state index contributed by atoms with van der Waals surface area (Å²) in [5, 5.41) is 13.5. The van der Waals surface area contributed by atoms with Crippen LogP contribution in [0, 0.1) is 33.5 Å². The largest absolute Gasteiger partial charge is 0.366 e. The number of nitrogens with zero attached hydrogens (tertiary/aromatic N) is 3. The molecule has 1 aliphatic rings. The Kier molecular flexibility index (Phi) is 8.08. The van der Waals surface area contributed by atoms with Gasteiger partial charge in [0.25, 0.3) is 5.69 Å². The van der Waals surface area contributed by atoms with Crippen LogP contribution in [0.5, 0.6) is 0 Å². The summed E-state index contributed by atoms with van der Waals surface area (Å²) in [6, 6.07) is 8.04. The third kappa shape index (κ3) is 5.64. The average molecular weight is 478 g/mol. The second kappa shape index (κ2) is 11.0. The Balaban J connectivity index is 1.62. The molecule has 34 heavy (non-hydrogen) atoms. The van der Waals surface area contributed by atoms with Gasteiger partial charge in [-0.2, -0.15) is 0 Å². The van der Waals surface area contributed by atoms with E-state index >= 15 is 0 Å². The highest BCUT2D eigenvalue weighted by Gasteiger charge is 2.31. The molecule has 2 aromatic carbocycles. The predicted molar refractivity (Wildman–Crippen MR) is 120 cm³/mol. The number of hydrogen-bond donors (Lipinski definition) is 1. The first kappa shape index (κ1) is 25.0. The minimum Gasteiger partial charge on any atom is -0.366 e. The SMILES string of the molecule is CCCN(CC(=O)Nc1ccc(F)c(F)c1F)C(=O)C1CCN(c2ccccc2[N+](=O)[O-])CC1. The zero-order chi connectivity index (χ0) is 24.8.